The number of amides is 2. The predicted octanol–water partition coefficient (Wildman–Crippen LogP) is 9.55. The molecule has 2 N–H and O–H groups in total. The maximum Gasteiger partial charge on any atom is 0.345 e. The number of thioether (sulfide) groups is 1. The van der Waals surface area contributed by atoms with Crippen LogP contribution in [0.1, 0.15) is 88.5 Å². The molecule has 0 bridgehead atoms. The molecule has 268 valence electrons. The summed E-state index contributed by atoms with van der Waals surface area (Å²) >= 11 is 1.38. The van der Waals surface area contributed by atoms with Crippen LogP contribution >= 0.6 is 11.8 Å². The number of hydroxylamine groups is 2. The van der Waals surface area contributed by atoms with E-state index in [9.17, 15) is 14.4 Å². The number of carbonyl (C=O) groups excluding carboxylic acids is 1. The van der Waals surface area contributed by atoms with Crippen molar-refractivity contribution in [3.05, 3.63) is 65.5 Å². The summed E-state index contributed by atoms with van der Waals surface area (Å²) in [5.41, 5.74) is 1.54. The zero-order valence-corrected chi connectivity index (χ0v) is 30.1. The topological polar surface area (TPSA) is 108 Å². The van der Waals surface area contributed by atoms with Crippen LogP contribution in [-0.4, -0.2) is 56.7 Å². The lowest BCUT2D eigenvalue weighted by Crippen LogP contribution is -2.33. The zero-order chi connectivity index (χ0) is 35.3. The zero-order valence-electron chi connectivity index (χ0n) is 29.3. The van der Waals surface area contributed by atoms with E-state index >= 15 is 0 Å². The smallest absolute Gasteiger partial charge is 0.345 e. The number of ether oxygens (including phenoxy) is 6. The molecule has 2 amide bonds. The molecule has 0 radical (unpaired) electrons. The van der Waals surface area contributed by atoms with Crippen LogP contribution in [0, 0.1) is 5.82 Å². The maximum atomic E-state index is 13.5. The van der Waals surface area contributed by atoms with Gasteiger partial charge in [0.05, 0.1) is 52.9 Å². The molecular weight excluding hydrogens is 651 g/mol. The van der Waals surface area contributed by atoms with Gasteiger partial charge >= 0.3 is 6.03 Å². The van der Waals surface area contributed by atoms with Crippen molar-refractivity contribution < 1.29 is 42.8 Å². The van der Waals surface area contributed by atoms with Crippen LogP contribution in [0.2, 0.25) is 0 Å². The van der Waals surface area contributed by atoms with Gasteiger partial charge in [0.1, 0.15) is 11.3 Å². The molecule has 1 fully saturated rings. The number of unbranched alkanes of at least 4 members (excludes halogenated alkanes) is 5. The van der Waals surface area contributed by atoms with E-state index in [1.807, 2.05) is 25.1 Å². The fraction of sp³-hybridized carbons (Fsp3) is 0.486. The highest BCUT2D eigenvalue weighted by atomic mass is 32.2. The minimum absolute atomic E-state index is 0.198. The van der Waals surface area contributed by atoms with Crippen LogP contribution in [0.25, 0.3) is 0 Å². The molecule has 0 aromatic heterocycles. The summed E-state index contributed by atoms with van der Waals surface area (Å²) < 4.78 is 48.8. The molecule has 0 spiro atoms. The Kier molecular flexibility index (Phi) is 14.5. The van der Waals surface area contributed by atoms with Gasteiger partial charge in [-0.15, -0.1) is 0 Å². The number of halogens is 1. The van der Waals surface area contributed by atoms with Crippen molar-refractivity contribution in [2.24, 2.45) is 0 Å². The van der Waals surface area contributed by atoms with Crippen molar-refractivity contribution >= 4 is 23.5 Å². The summed E-state index contributed by atoms with van der Waals surface area (Å²) in [6.45, 7) is 4.22. The number of nitrogens with one attached hydrogen (secondary N) is 1. The van der Waals surface area contributed by atoms with Crippen LogP contribution < -0.4 is 29.0 Å². The Hall–Kier alpha value is -3.87. The van der Waals surface area contributed by atoms with Gasteiger partial charge in [-0.1, -0.05) is 50.8 Å². The van der Waals surface area contributed by atoms with Crippen LogP contribution in [0.4, 0.5) is 14.9 Å². The highest BCUT2D eigenvalue weighted by Crippen LogP contribution is 2.48. The lowest BCUT2D eigenvalue weighted by Gasteiger charge is -2.24. The second-order valence-corrected chi connectivity index (χ2v) is 13.2. The van der Waals surface area contributed by atoms with E-state index in [4.69, 9.17) is 28.4 Å². The summed E-state index contributed by atoms with van der Waals surface area (Å²) in [6.07, 6.45) is 6.96. The van der Waals surface area contributed by atoms with Gasteiger partial charge < -0.3 is 33.7 Å². The molecule has 0 aliphatic carbocycles. The van der Waals surface area contributed by atoms with Crippen molar-refractivity contribution in [1.29, 1.82) is 0 Å². The fourth-order valence-corrected chi connectivity index (χ4v) is 6.63. The van der Waals surface area contributed by atoms with Gasteiger partial charge in [0.25, 0.3) is 0 Å². The highest BCUT2D eigenvalue weighted by molar-refractivity contribution is 7.99. The Morgan fingerprint density at radius 3 is 2.00 bits per heavy atom. The monoisotopic (exact) mass is 700 g/mol. The molecule has 3 aromatic carbocycles. The molecular formula is C37H49FN2O8S. The second kappa shape index (κ2) is 18.8. The molecule has 3 unspecified atom stereocenters. The number of hydrogen-bond acceptors (Lipinski definition) is 9. The largest absolute Gasteiger partial charge is 0.493 e. The minimum atomic E-state index is -0.681. The van der Waals surface area contributed by atoms with Crippen LogP contribution in [-0.2, 0) is 4.74 Å². The first-order valence-corrected chi connectivity index (χ1v) is 17.6. The van der Waals surface area contributed by atoms with Gasteiger partial charge in [-0.25, -0.2) is 14.2 Å². The Bertz CT molecular complexity index is 1480. The normalized spacial score (nSPS) is 16.2. The van der Waals surface area contributed by atoms with Gasteiger partial charge in [0.15, 0.2) is 23.0 Å². The van der Waals surface area contributed by atoms with E-state index < -0.39 is 11.5 Å². The summed E-state index contributed by atoms with van der Waals surface area (Å²) in [4.78, 5) is 14.1. The molecule has 49 heavy (non-hydrogen) atoms. The lowest BCUT2D eigenvalue weighted by molar-refractivity contribution is -0.0382. The highest BCUT2D eigenvalue weighted by Gasteiger charge is 2.31. The molecule has 12 heteroatoms. The van der Waals surface area contributed by atoms with Crippen molar-refractivity contribution in [2.75, 3.05) is 40.3 Å². The van der Waals surface area contributed by atoms with Crippen LogP contribution in [0.5, 0.6) is 28.7 Å². The molecule has 1 heterocycles. The van der Waals surface area contributed by atoms with Gasteiger partial charge in [-0.2, -0.15) is 0 Å². The van der Waals surface area contributed by atoms with Gasteiger partial charge in [0.2, 0.25) is 5.75 Å². The molecule has 1 aliphatic heterocycles. The number of urea groups is 1. The average molecular weight is 701 g/mol. The molecule has 3 atom stereocenters. The predicted molar refractivity (Wildman–Crippen MR) is 188 cm³/mol. The van der Waals surface area contributed by atoms with Gasteiger partial charge in [-0.3, -0.25) is 5.21 Å². The number of carbonyl (C=O) groups is 1. The SMILES string of the molecule is CCCCCCCCN(O)C(=O)Nc1cc(C2CCC(c3cc(OC)c(OC)c(OC)c3)O2)cc(OC)c1OC(C)Sc1ccc(F)cc1. The Labute approximate surface area is 293 Å². The average Bonchev–Trinajstić information content (AvgIpc) is 3.61. The number of rotatable bonds is 18. The third kappa shape index (κ3) is 10.3. The number of anilines is 1. The van der Waals surface area contributed by atoms with E-state index in [1.165, 1.54) is 37.4 Å². The summed E-state index contributed by atoms with van der Waals surface area (Å²) in [5, 5.41) is 14.2. The molecule has 1 saturated heterocycles. The van der Waals surface area contributed by atoms with Crippen molar-refractivity contribution in [1.82, 2.24) is 5.06 Å². The maximum absolute atomic E-state index is 13.5. The summed E-state index contributed by atoms with van der Waals surface area (Å²) in [7, 11) is 6.24. The molecule has 4 rings (SSSR count). The third-order valence-corrected chi connectivity index (χ3v) is 9.32. The van der Waals surface area contributed by atoms with E-state index in [0.717, 1.165) is 48.1 Å². The van der Waals surface area contributed by atoms with E-state index in [-0.39, 0.29) is 24.6 Å². The molecule has 10 nitrogen and oxygen atoms in total. The minimum Gasteiger partial charge on any atom is -0.493 e. The third-order valence-electron chi connectivity index (χ3n) is 8.35. The first-order valence-electron chi connectivity index (χ1n) is 16.7. The van der Waals surface area contributed by atoms with Crippen molar-refractivity contribution in [2.45, 2.75) is 87.8 Å². The van der Waals surface area contributed by atoms with Crippen molar-refractivity contribution in [3.63, 3.8) is 0 Å². The van der Waals surface area contributed by atoms with E-state index in [0.29, 0.717) is 52.3 Å². The fourth-order valence-electron chi connectivity index (χ4n) is 5.81. The molecule has 0 saturated carbocycles. The lowest BCUT2D eigenvalue weighted by atomic mass is 10.0. The Morgan fingerprint density at radius 2 is 1.43 bits per heavy atom. The summed E-state index contributed by atoms with van der Waals surface area (Å²) in [5.74, 6) is 1.95. The number of methoxy groups -OCH3 is 4. The number of nitrogens with zero attached hydrogens (tertiary/aromatic N) is 1. The van der Waals surface area contributed by atoms with Gasteiger partial charge in [0, 0.05) is 4.90 Å². The van der Waals surface area contributed by atoms with Crippen molar-refractivity contribution in [3.8, 4) is 28.7 Å². The number of benzene rings is 3. The van der Waals surface area contributed by atoms with E-state index in [2.05, 4.69) is 12.2 Å². The molecule has 1 aliphatic rings. The van der Waals surface area contributed by atoms with E-state index in [1.54, 1.807) is 39.5 Å². The Morgan fingerprint density at radius 1 is 0.878 bits per heavy atom. The first-order chi connectivity index (χ1) is 23.7. The van der Waals surface area contributed by atoms with Crippen LogP contribution in [0.3, 0.4) is 0 Å². The Balaban J connectivity index is 1.58. The second-order valence-electron chi connectivity index (χ2n) is 11.8. The standard InChI is InChI=1S/C37H49FN2O8S/c1-7-8-9-10-11-12-19-40(42)37(41)39-29-20-25(21-32(43-3)35(29)47-24(2)49-28-15-13-27(38)14-16-28)30-17-18-31(48-30)26-22-33(44-4)36(46-6)34(23-26)45-5/h13-16,20-24,30-31,42H,7-12,17-19H2,1-6H3,(H,39,41). The molecule has 3 aromatic rings. The number of hydrogen-bond donors (Lipinski definition) is 2. The summed E-state index contributed by atoms with van der Waals surface area (Å²) in [6, 6.07) is 12.9. The quantitative estimate of drug-likeness (QED) is 0.0441. The van der Waals surface area contributed by atoms with Gasteiger partial charge in [-0.05, 0) is 85.8 Å². The van der Waals surface area contributed by atoms with Crippen LogP contribution in [0.15, 0.2) is 53.4 Å². The first kappa shape index (κ1) is 37.9.